The van der Waals surface area contributed by atoms with Crippen LogP contribution >= 0.6 is 11.3 Å². The number of nitrogens with zero attached hydrogens (tertiary/aromatic N) is 2. The van der Waals surface area contributed by atoms with Gasteiger partial charge in [-0.05, 0) is 44.1 Å². The Bertz CT molecular complexity index is 774. The minimum atomic E-state index is -0.496. The van der Waals surface area contributed by atoms with Gasteiger partial charge in [-0.3, -0.25) is 14.5 Å². The van der Waals surface area contributed by atoms with Gasteiger partial charge in [0.25, 0.3) is 5.91 Å². The number of thiazole rings is 1. The smallest absolute Gasteiger partial charge is 0.251 e. The number of rotatable bonds is 6. The predicted octanol–water partition coefficient (Wildman–Crippen LogP) is 2.64. The van der Waals surface area contributed by atoms with E-state index in [0.29, 0.717) is 5.13 Å². The van der Waals surface area contributed by atoms with E-state index < -0.39 is 11.7 Å². The average Bonchev–Trinajstić information content (AvgIpc) is 3.07. The third-order valence-electron chi connectivity index (χ3n) is 4.13. The monoisotopic (exact) mass is 376 g/mol. The Balaban J connectivity index is 1.45. The maximum atomic E-state index is 13.1. The highest BCUT2D eigenvalue weighted by molar-refractivity contribution is 7.13. The van der Waals surface area contributed by atoms with Crippen LogP contribution in [0.15, 0.2) is 29.6 Å². The van der Waals surface area contributed by atoms with Gasteiger partial charge in [-0.25, -0.2) is 9.37 Å². The average molecular weight is 376 g/mol. The Kier molecular flexibility index (Phi) is 6.30. The van der Waals surface area contributed by atoms with E-state index in [-0.39, 0.29) is 18.0 Å². The van der Waals surface area contributed by atoms with Crippen molar-refractivity contribution in [1.82, 2.24) is 15.2 Å². The molecular weight excluding hydrogens is 355 g/mol. The summed E-state index contributed by atoms with van der Waals surface area (Å²) in [5, 5.41) is 7.60. The predicted molar refractivity (Wildman–Crippen MR) is 98.6 cm³/mol. The largest absolute Gasteiger partial charge is 0.343 e. The number of anilines is 1. The molecule has 1 fully saturated rings. The van der Waals surface area contributed by atoms with Crippen molar-refractivity contribution in [2.75, 3.05) is 25.0 Å². The van der Waals surface area contributed by atoms with Crippen molar-refractivity contribution in [3.8, 4) is 0 Å². The number of halogens is 1. The standard InChI is InChI=1S/C18H21FN4O2S/c19-14-6-4-5-13(9-14)17(25)20-10-16(24)22-18-21-15(12-26-18)11-23-7-2-1-3-8-23/h4-6,9,12H,1-3,7-8,10-11H2,(H,20,25)(H,21,22,24). The molecule has 0 unspecified atom stereocenters. The summed E-state index contributed by atoms with van der Waals surface area (Å²) in [7, 11) is 0. The summed E-state index contributed by atoms with van der Waals surface area (Å²) < 4.78 is 13.1. The summed E-state index contributed by atoms with van der Waals surface area (Å²) in [5.41, 5.74) is 1.12. The molecule has 0 atom stereocenters. The van der Waals surface area contributed by atoms with E-state index in [1.807, 2.05) is 5.38 Å². The number of amides is 2. The number of likely N-dealkylation sites (tertiary alicyclic amines) is 1. The van der Waals surface area contributed by atoms with Crippen LogP contribution in [-0.2, 0) is 11.3 Å². The Morgan fingerprint density at radius 2 is 2.04 bits per heavy atom. The number of carbonyl (C=O) groups excluding carboxylic acids is 2. The van der Waals surface area contributed by atoms with Gasteiger partial charge in [0.2, 0.25) is 5.91 Å². The molecule has 0 aliphatic carbocycles. The van der Waals surface area contributed by atoms with Crippen molar-refractivity contribution in [2.24, 2.45) is 0 Å². The first-order valence-electron chi connectivity index (χ1n) is 8.60. The second-order valence-corrected chi connectivity index (χ2v) is 7.08. The first-order chi connectivity index (χ1) is 12.6. The van der Waals surface area contributed by atoms with Crippen LogP contribution in [-0.4, -0.2) is 41.3 Å². The molecule has 0 spiro atoms. The Hall–Kier alpha value is -2.32. The van der Waals surface area contributed by atoms with E-state index in [2.05, 4.69) is 20.5 Å². The van der Waals surface area contributed by atoms with Crippen LogP contribution < -0.4 is 10.6 Å². The second kappa shape index (κ2) is 8.86. The minimum absolute atomic E-state index is 0.177. The summed E-state index contributed by atoms with van der Waals surface area (Å²) in [4.78, 5) is 30.7. The van der Waals surface area contributed by atoms with Crippen molar-refractivity contribution in [3.05, 3.63) is 46.7 Å². The second-order valence-electron chi connectivity index (χ2n) is 6.22. The van der Waals surface area contributed by atoms with Gasteiger partial charge in [0.05, 0.1) is 12.2 Å². The molecule has 6 nitrogen and oxygen atoms in total. The Labute approximate surface area is 155 Å². The van der Waals surface area contributed by atoms with Crippen LogP contribution in [0.2, 0.25) is 0 Å². The zero-order valence-electron chi connectivity index (χ0n) is 14.3. The topological polar surface area (TPSA) is 74.3 Å². The molecule has 0 saturated carbocycles. The maximum absolute atomic E-state index is 13.1. The highest BCUT2D eigenvalue weighted by Crippen LogP contribution is 2.18. The number of hydrogen-bond donors (Lipinski definition) is 2. The van der Waals surface area contributed by atoms with Crippen molar-refractivity contribution in [3.63, 3.8) is 0 Å². The third-order valence-corrected chi connectivity index (χ3v) is 4.94. The summed E-state index contributed by atoms with van der Waals surface area (Å²) in [6.45, 7) is 2.77. The third kappa shape index (κ3) is 5.34. The van der Waals surface area contributed by atoms with Crippen LogP contribution in [0.25, 0.3) is 0 Å². The summed E-state index contributed by atoms with van der Waals surface area (Å²) >= 11 is 1.37. The summed E-state index contributed by atoms with van der Waals surface area (Å²) in [6, 6.07) is 5.32. The lowest BCUT2D eigenvalue weighted by atomic mass is 10.1. The molecule has 1 saturated heterocycles. The number of aromatic nitrogens is 1. The molecule has 0 radical (unpaired) electrons. The first-order valence-corrected chi connectivity index (χ1v) is 9.48. The molecule has 2 heterocycles. The molecule has 8 heteroatoms. The maximum Gasteiger partial charge on any atom is 0.251 e. The van der Waals surface area contributed by atoms with E-state index in [4.69, 9.17) is 0 Å². The molecule has 2 N–H and O–H groups in total. The fourth-order valence-corrected chi connectivity index (χ4v) is 3.56. The van der Waals surface area contributed by atoms with Gasteiger partial charge in [-0.15, -0.1) is 11.3 Å². The van der Waals surface area contributed by atoms with Gasteiger partial charge in [0, 0.05) is 17.5 Å². The number of piperidine rings is 1. The molecule has 1 aromatic heterocycles. The molecule has 138 valence electrons. The van der Waals surface area contributed by atoms with E-state index in [0.717, 1.165) is 31.4 Å². The van der Waals surface area contributed by atoms with Crippen molar-refractivity contribution in [2.45, 2.75) is 25.8 Å². The molecule has 26 heavy (non-hydrogen) atoms. The Morgan fingerprint density at radius 3 is 2.81 bits per heavy atom. The SMILES string of the molecule is O=C(CNC(=O)c1cccc(F)c1)Nc1nc(CN2CCCCC2)cs1. The van der Waals surface area contributed by atoms with Crippen LogP contribution in [0, 0.1) is 5.82 Å². The number of hydrogen-bond acceptors (Lipinski definition) is 5. The van der Waals surface area contributed by atoms with E-state index in [1.54, 1.807) is 0 Å². The van der Waals surface area contributed by atoms with Gasteiger partial charge in [-0.1, -0.05) is 12.5 Å². The molecule has 2 aromatic rings. The lowest BCUT2D eigenvalue weighted by Gasteiger charge is -2.25. The highest BCUT2D eigenvalue weighted by atomic mass is 32.1. The van der Waals surface area contributed by atoms with E-state index >= 15 is 0 Å². The molecule has 1 aliphatic rings. The molecule has 1 aliphatic heterocycles. The number of benzene rings is 1. The highest BCUT2D eigenvalue weighted by Gasteiger charge is 2.14. The van der Waals surface area contributed by atoms with Crippen molar-refractivity contribution in [1.29, 1.82) is 0 Å². The molecule has 0 bridgehead atoms. The van der Waals surface area contributed by atoms with E-state index in [9.17, 15) is 14.0 Å². The lowest BCUT2D eigenvalue weighted by molar-refractivity contribution is -0.115. The van der Waals surface area contributed by atoms with E-state index in [1.165, 1.54) is 48.8 Å². The molecule has 1 aromatic carbocycles. The summed E-state index contributed by atoms with van der Waals surface area (Å²) in [5.74, 6) is -1.36. The fraction of sp³-hybridized carbons (Fsp3) is 0.389. The van der Waals surface area contributed by atoms with Gasteiger partial charge in [0.15, 0.2) is 5.13 Å². The van der Waals surface area contributed by atoms with Crippen molar-refractivity contribution < 1.29 is 14.0 Å². The molecular formula is C18H21FN4O2S. The lowest BCUT2D eigenvalue weighted by Crippen LogP contribution is -2.32. The Morgan fingerprint density at radius 1 is 1.23 bits per heavy atom. The van der Waals surface area contributed by atoms with Gasteiger partial charge >= 0.3 is 0 Å². The van der Waals surface area contributed by atoms with Gasteiger partial charge in [0.1, 0.15) is 5.82 Å². The first kappa shape index (κ1) is 18.5. The zero-order chi connectivity index (χ0) is 18.4. The van der Waals surface area contributed by atoms with Crippen LogP contribution in [0.3, 0.4) is 0 Å². The van der Waals surface area contributed by atoms with Crippen LogP contribution in [0.1, 0.15) is 35.3 Å². The quantitative estimate of drug-likeness (QED) is 0.813. The van der Waals surface area contributed by atoms with Gasteiger partial charge in [-0.2, -0.15) is 0 Å². The number of carbonyl (C=O) groups is 2. The fourth-order valence-electron chi connectivity index (χ4n) is 2.84. The molecule has 2 amide bonds. The minimum Gasteiger partial charge on any atom is -0.343 e. The normalized spacial score (nSPS) is 14.8. The van der Waals surface area contributed by atoms with Crippen LogP contribution in [0.4, 0.5) is 9.52 Å². The van der Waals surface area contributed by atoms with Crippen LogP contribution in [0.5, 0.6) is 0 Å². The molecule has 3 rings (SSSR count). The summed E-state index contributed by atoms with van der Waals surface area (Å²) in [6.07, 6.45) is 3.73. The van der Waals surface area contributed by atoms with Crippen molar-refractivity contribution >= 4 is 28.3 Å². The zero-order valence-corrected chi connectivity index (χ0v) is 15.2. The van der Waals surface area contributed by atoms with Gasteiger partial charge < -0.3 is 10.6 Å². The number of nitrogens with one attached hydrogen (secondary N) is 2.